The van der Waals surface area contributed by atoms with Crippen molar-refractivity contribution in [2.45, 2.75) is 10.6 Å². The van der Waals surface area contributed by atoms with E-state index < -0.39 is 0 Å². The Kier molecular flexibility index (Phi) is 11.0. The van der Waals surface area contributed by atoms with Crippen molar-refractivity contribution in [3.05, 3.63) is 60.7 Å². The van der Waals surface area contributed by atoms with Gasteiger partial charge < -0.3 is 24.0 Å². The second-order valence-corrected chi connectivity index (χ2v) is 10.7. The van der Waals surface area contributed by atoms with E-state index in [1.807, 2.05) is 0 Å². The van der Waals surface area contributed by atoms with Crippen molar-refractivity contribution < 1.29 is 28.5 Å². The molecule has 0 unspecified atom stereocenters. The zero-order chi connectivity index (χ0) is 16.4. The van der Waals surface area contributed by atoms with Crippen molar-refractivity contribution in [3.8, 4) is 12.3 Å². The minimum atomic E-state index is 0. The van der Waals surface area contributed by atoms with Crippen molar-refractivity contribution >= 4 is 38.8 Å². The van der Waals surface area contributed by atoms with Gasteiger partial charge in [0.1, 0.15) is 0 Å². The van der Waals surface area contributed by atoms with E-state index in [0.29, 0.717) is 29.9 Å². The molecule has 0 atom stereocenters. The van der Waals surface area contributed by atoms with Gasteiger partial charge in [-0.25, -0.2) is 0 Å². The van der Waals surface area contributed by atoms with Gasteiger partial charge in [-0.2, -0.15) is 0 Å². The number of hydrogen-bond acceptors (Lipinski definition) is 0. The standard InChI is InChI=1S/C20H24NSe2.HI/c1-3-14-21(2,15-17-22-19-10-6-4-7-11-19)16-18-23-20-12-8-5-9-13-20;/h1,4-13H,14-18H2,2H3;1H/q+1;/p-1. The van der Waals surface area contributed by atoms with Crippen LogP contribution in [0.1, 0.15) is 0 Å². The normalized spacial score (nSPS) is 10.7. The Labute approximate surface area is 176 Å². The van der Waals surface area contributed by atoms with E-state index in [1.54, 1.807) is 0 Å². The van der Waals surface area contributed by atoms with Crippen LogP contribution in [0.4, 0.5) is 0 Å². The summed E-state index contributed by atoms with van der Waals surface area (Å²) in [6.07, 6.45) is 5.62. The monoisotopic (exact) mass is 565 g/mol. The van der Waals surface area contributed by atoms with Gasteiger partial charge in [-0.3, -0.25) is 0 Å². The van der Waals surface area contributed by atoms with Crippen molar-refractivity contribution in [1.29, 1.82) is 0 Å². The van der Waals surface area contributed by atoms with E-state index in [2.05, 4.69) is 73.6 Å². The molecule has 24 heavy (non-hydrogen) atoms. The molecule has 0 aliphatic heterocycles. The first-order chi connectivity index (χ1) is 11.2. The van der Waals surface area contributed by atoms with Gasteiger partial charge in [0.05, 0.1) is 0 Å². The number of terminal acetylenes is 1. The van der Waals surface area contributed by atoms with Crippen LogP contribution in [0.3, 0.4) is 0 Å². The number of nitrogens with zero attached hydrogens (tertiary/aromatic N) is 1. The molecule has 4 heteroatoms. The van der Waals surface area contributed by atoms with Crippen molar-refractivity contribution in [3.63, 3.8) is 0 Å². The Morgan fingerprint density at radius 3 is 1.62 bits per heavy atom. The quantitative estimate of drug-likeness (QED) is 0.159. The number of hydrogen-bond donors (Lipinski definition) is 0. The van der Waals surface area contributed by atoms with Gasteiger partial charge in [0, 0.05) is 0 Å². The van der Waals surface area contributed by atoms with Gasteiger partial charge in [-0.15, -0.1) is 0 Å². The summed E-state index contributed by atoms with van der Waals surface area (Å²) in [5, 5.41) is 2.51. The molecule has 128 valence electrons. The molecule has 0 spiro atoms. The second-order valence-electron chi connectivity index (χ2n) is 5.75. The molecule has 0 aliphatic rings. The summed E-state index contributed by atoms with van der Waals surface area (Å²) in [7, 11) is 2.32. The third kappa shape index (κ3) is 8.21. The van der Waals surface area contributed by atoms with E-state index in [4.69, 9.17) is 6.42 Å². The maximum Gasteiger partial charge on any atom is -1.00 e. The van der Waals surface area contributed by atoms with Gasteiger partial charge in [-0.05, 0) is 0 Å². The van der Waals surface area contributed by atoms with E-state index in [-0.39, 0.29) is 24.0 Å². The molecule has 0 radical (unpaired) electrons. The van der Waals surface area contributed by atoms with Gasteiger partial charge in [0.15, 0.2) is 0 Å². The molecule has 0 bridgehead atoms. The Hall–Kier alpha value is -0.271. The van der Waals surface area contributed by atoms with Crippen LogP contribution in [-0.2, 0) is 0 Å². The minimum Gasteiger partial charge on any atom is -1.00 e. The molecule has 0 saturated heterocycles. The van der Waals surface area contributed by atoms with Crippen LogP contribution in [0.2, 0.25) is 10.6 Å². The largest absolute Gasteiger partial charge is 1.00 e. The molecule has 0 N–H and O–H groups in total. The Morgan fingerprint density at radius 1 is 0.833 bits per heavy atom. The fraction of sp³-hybridized carbons (Fsp3) is 0.300. The van der Waals surface area contributed by atoms with Crippen LogP contribution in [0, 0.1) is 12.3 Å². The average Bonchev–Trinajstić information content (AvgIpc) is 2.57. The van der Waals surface area contributed by atoms with Gasteiger partial charge in [0.25, 0.3) is 0 Å². The maximum absolute atomic E-state index is 5.62. The van der Waals surface area contributed by atoms with Crippen LogP contribution in [0.15, 0.2) is 60.7 Å². The number of rotatable bonds is 9. The first kappa shape index (κ1) is 21.8. The predicted molar refractivity (Wildman–Crippen MR) is 103 cm³/mol. The molecule has 0 amide bonds. The summed E-state index contributed by atoms with van der Waals surface area (Å²) >= 11 is 1.11. The number of benzene rings is 2. The van der Waals surface area contributed by atoms with E-state index in [9.17, 15) is 0 Å². The minimum absolute atomic E-state index is 0. The molecule has 2 rings (SSSR count). The van der Waals surface area contributed by atoms with Crippen molar-refractivity contribution in [2.24, 2.45) is 0 Å². The average molecular weight is 563 g/mol. The van der Waals surface area contributed by atoms with Crippen LogP contribution < -0.4 is 32.9 Å². The third-order valence-corrected chi connectivity index (χ3v) is 7.92. The summed E-state index contributed by atoms with van der Waals surface area (Å²) in [5.41, 5.74) is 0. The van der Waals surface area contributed by atoms with Crippen molar-refractivity contribution in [1.82, 2.24) is 0 Å². The summed E-state index contributed by atoms with van der Waals surface area (Å²) in [6, 6.07) is 21.7. The fourth-order valence-corrected chi connectivity index (χ4v) is 6.98. The Bertz CT molecular complexity index is 565. The van der Waals surface area contributed by atoms with E-state index in [0.717, 1.165) is 11.0 Å². The first-order valence-electron chi connectivity index (χ1n) is 7.85. The molecule has 0 saturated carbocycles. The smallest absolute Gasteiger partial charge is 1.00 e. The SMILES string of the molecule is C#CC[N+](C)(CC[Se]c1ccccc1)CC[Se]c1ccccc1.[I-]. The molecule has 0 aliphatic carbocycles. The van der Waals surface area contributed by atoms with Crippen LogP contribution in [0.25, 0.3) is 0 Å². The molecule has 1 nitrogen and oxygen atoms in total. The number of halogens is 1. The zero-order valence-electron chi connectivity index (χ0n) is 14.0. The molecule has 2 aromatic carbocycles. The Balaban J connectivity index is 0.00000288. The second kappa shape index (κ2) is 12.1. The Morgan fingerprint density at radius 2 is 1.25 bits per heavy atom. The predicted octanol–water partition coefficient (Wildman–Crippen LogP) is -1.03. The molecule has 0 aromatic heterocycles. The summed E-state index contributed by atoms with van der Waals surface area (Å²) in [6.45, 7) is 3.21. The fourth-order valence-electron chi connectivity index (χ4n) is 2.29. The molecule has 2 aromatic rings. The molecular weight excluding hydrogens is 539 g/mol. The molecular formula is C20H24INSe2. The van der Waals surface area contributed by atoms with Gasteiger partial charge >= 0.3 is 154 Å². The summed E-state index contributed by atoms with van der Waals surface area (Å²) in [5.74, 6) is 2.89. The third-order valence-electron chi connectivity index (χ3n) is 3.76. The maximum atomic E-state index is 5.62. The van der Waals surface area contributed by atoms with Crippen LogP contribution in [-0.4, -0.2) is 61.1 Å². The topological polar surface area (TPSA) is 0 Å². The number of quaternary nitrogens is 1. The van der Waals surface area contributed by atoms with Crippen molar-refractivity contribution in [2.75, 3.05) is 26.7 Å². The summed E-state index contributed by atoms with van der Waals surface area (Å²) < 4.78 is 3.99. The van der Waals surface area contributed by atoms with Crippen LogP contribution in [0.5, 0.6) is 0 Å². The van der Waals surface area contributed by atoms with Crippen LogP contribution >= 0.6 is 0 Å². The van der Waals surface area contributed by atoms with E-state index in [1.165, 1.54) is 32.7 Å². The summed E-state index contributed by atoms with van der Waals surface area (Å²) in [4.78, 5) is 0. The molecule has 0 fully saturated rings. The zero-order valence-corrected chi connectivity index (χ0v) is 19.6. The van der Waals surface area contributed by atoms with E-state index >= 15 is 0 Å². The molecule has 0 heterocycles. The first-order valence-corrected chi connectivity index (χ1v) is 12.0. The van der Waals surface area contributed by atoms with Gasteiger partial charge in [0.2, 0.25) is 0 Å². The van der Waals surface area contributed by atoms with Gasteiger partial charge in [-0.1, -0.05) is 0 Å².